The number of amides is 2. The highest BCUT2D eigenvalue weighted by Gasteiger charge is 2.52. The van der Waals surface area contributed by atoms with Crippen LogP contribution in [-0.4, -0.2) is 66.6 Å². The molecular weight excluding hydrogens is 498 g/mol. The van der Waals surface area contributed by atoms with Gasteiger partial charge in [-0.3, -0.25) is 9.69 Å². The summed E-state index contributed by atoms with van der Waals surface area (Å²) < 4.78 is 11.4. The number of nitrogens with one attached hydrogen (secondary N) is 2. The number of thioether (sulfide) groups is 1. The number of methoxy groups -OCH3 is 1. The predicted molar refractivity (Wildman–Crippen MR) is 151 cm³/mol. The van der Waals surface area contributed by atoms with Crippen LogP contribution in [0.15, 0.2) is 35.7 Å². The molecule has 6 unspecified atom stereocenters. The third-order valence-corrected chi connectivity index (χ3v) is 9.80. The average molecular weight is 542 g/mol. The first-order valence-electron chi connectivity index (χ1n) is 14.1. The molecule has 0 aromatic heterocycles. The second kappa shape index (κ2) is 11.6. The molecular formula is C30H43N3O4S. The first kappa shape index (κ1) is 27.5. The number of ether oxygens (including phenoxy) is 2. The number of piperidine rings is 2. The van der Waals surface area contributed by atoms with Crippen molar-refractivity contribution in [3.63, 3.8) is 0 Å². The van der Waals surface area contributed by atoms with Crippen LogP contribution in [0.5, 0.6) is 0 Å². The lowest BCUT2D eigenvalue weighted by Gasteiger charge is -2.49. The summed E-state index contributed by atoms with van der Waals surface area (Å²) in [6.45, 7) is 9.35. The van der Waals surface area contributed by atoms with Crippen LogP contribution in [0.2, 0.25) is 0 Å². The van der Waals surface area contributed by atoms with Crippen LogP contribution in [-0.2, 0) is 20.8 Å². The summed E-state index contributed by atoms with van der Waals surface area (Å²) in [4.78, 5) is 27.1. The number of benzene rings is 1. The molecule has 2 N–H and O–H groups in total. The molecule has 0 spiro atoms. The second-order valence-corrected chi connectivity index (χ2v) is 13.4. The van der Waals surface area contributed by atoms with Crippen LogP contribution in [0.1, 0.15) is 63.5 Å². The summed E-state index contributed by atoms with van der Waals surface area (Å²) in [6.07, 6.45) is 6.21. The monoisotopic (exact) mass is 541 g/mol. The van der Waals surface area contributed by atoms with E-state index in [1.54, 1.807) is 11.8 Å². The van der Waals surface area contributed by atoms with Gasteiger partial charge in [-0.25, -0.2) is 4.79 Å². The largest absolute Gasteiger partial charge is 0.444 e. The van der Waals surface area contributed by atoms with Gasteiger partial charge in [0.2, 0.25) is 5.91 Å². The van der Waals surface area contributed by atoms with Gasteiger partial charge in [0, 0.05) is 38.1 Å². The molecule has 5 rings (SSSR count). The van der Waals surface area contributed by atoms with Crippen molar-refractivity contribution in [3.8, 4) is 0 Å². The zero-order valence-corrected chi connectivity index (χ0v) is 24.0. The maximum atomic E-state index is 12.7. The van der Waals surface area contributed by atoms with Crippen LogP contribution in [0.4, 0.5) is 4.79 Å². The lowest BCUT2D eigenvalue weighted by atomic mass is 9.63. The second-order valence-electron chi connectivity index (χ2n) is 12.4. The van der Waals surface area contributed by atoms with Crippen molar-refractivity contribution in [2.45, 2.75) is 81.9 Å². The van der Waals surface area contributed by atoms with Crippen molar-refractivity contribution in [2.75, 3.05) is 26.7 Å². The molecule has 6 atom stereocenters. The first-order chi connectivity index (χ1) is 18.2. The fourth-order valence-electron chi connectivity index (χ4n) is 6.83. The third kappa shape index (κ3) is 6.23. The smallest absolute Gasteiger partial charge is 0.407 e. The maximum absolute atomic E-state index is 12.7. The van der Waals surface area contributed by atoms with Crippen molar-refractivity contribution in [3.05, 3.63) is 46.9 Å². The molecule has 1 saturated carbocycles. The SMILES string of the molecule is COC1CCC2NC(=O)C3SC=CC3C2C1c1ccc(CN2CCC(CNC(=O)OC(C)(C)C)CC2)cc1. The number of alkyl carbamates (subject to hydrolysis) is 1. The summed E-state index contributed by atoms with van der Waals surface area (Å²) >= 11 is 1.66. The van der Waals surface area contributed by atoms with Gasteiger partial charge in [-0.05, 0) is 87.9 Å². The fourth-order valence-corrected chi connectivity index (χ4v) is 7.92. The van der Waals surface area contributed by atoms with Crippen LogP contribution in [0, 0.1) is 17.8 Å². The number of fused-ring (bicyclic) bond motifs is 3. The van der Waals surface area contributed by atoms with Gasteiger partial charge in [0.25, 0.3) is 0 Å². The Morgan fingerprint density at radius 2 is 1.87 bits per heavy atom. The van der Waals surface area contributed by atoms with E-state index in [0.717, 1.165) is 45.3 Å². The van der Waals surface area contributed by atoms with Crippen LogP contribution >= 0.6 is 11.8 Å². The minimum atomic E-state index is -0.465. The molecule has 3 fully saturated rings. The summed E-state index contributed by atoms with van der Waals surface area (Å²) in [5.41, 5.74) is 2.18. The first-order valence-corrected chi connectivity index (χ1v) is 15.1. The number of carbonyl (C=O) groups is 2. The Balaban J connectivity index is 1.17. The van der Waals surface area contributed by atoms with Gasteiger partial charge in [0.15, 0.2) is 0 Å². The zero-order chi connectivity index (χ0) is 26.9. The highest BCUT2D eigenvalue weighted by atomic mass is 32.2. The molecule has 3 aliphatic heterocycles. The Morgan fingerprint density at radius 3 is 2.55 bits per heavy atom. The van der Waals surface area contributed by atoms with Crippen molar-refractivity contribution in [1.29, 1.82) is 0 Å². The molecule has 4 aliphatic rings. The molecule has 7 nitrogen and oxygen atoms in total. The van der Waals surface area contributed by atoms with E-state index < -0.39 is 5.60 Å². The van der Waals surface area contributed by atoms with Crippen molar-refractivity contribution >= 4 is 23.8 Å². The number of hydrogen-bond donors (Lipinski definition) is 2. The minimum absolute atomic E-state index is 0.00380. The number of hydrogen-bond acceptors (Lipinski definition) is 6. The number of rotatable bonds is 6. The fraction of sp³-hybridized carbons (Fsp3) is 0.667. The lowest BCUT2D eigenvalue weighted by molar-refractivity contribution is -0.127. The molecule has 0 radical (unpaired) electrons. The molecule has 0 bridgehead atoms. The normalized spacial score (nSPS) is 31.8. The van der Waals surface area contributed by atoms with E-state index in [-0.39, 0.29) is 41.2 Å². The van der Waals surface area contributed by atoms with E-state index in [4.69, 9.17) is 9.47 Å². The number of allylic oxidation sites excluding steroid dienone is 1. The van der Waals surface area contributed by atoms with Gasteiger partial charge in [-0.15, -0.1) is 11.8 Å². The highest BCUT2D eigenvalue weighted by molar-refractivity contribution is 8.03. The van der Waals surface area contributed by atoms with Gasteiger partial charge in [0.05, 0.1) is 11.4 Å². The molecule has 3 heterocycles. The Morgan fingerprint density at radius 1 is 1.13 bits per heavy atom. The maximum Gasteiger partial charge on any atom is 0.407 e. The highest BCUT2D eigenvalue weighted by Crippen LogP contribution is 2.50. The predicted octanol–water partition coefficient (Wildman–Crippen LogP) is 4.68. The zero-order valence-electron chi connectivity index (χ0n) is 23.2. The van der Waals surface area contributed by atoms with Crippen LogP contribution in [0.3, 0.4) is 0 Å². The third-order valence-electron chi connectivity index (χ3n) is 8.66. The summed E-state index contributed by atoms with van der Waals surface area (Å²) in [7, 11) is 1.83. The minimum Gasteiger partial charge on any atom is -0.444 e. The van der Waals surface area contributed by atoms with Crippen LogP contribution < -0.4 is 10.6 Å². The summed E-state index contributed by atoms with van der Waals surface area (Å²) in [6, 6.07) is 9.36. The standard InChI is InChI=1S/C30H43N3O4S/c1-30(2,3)37-29(35)31-17-19-11-14-33(15-12-19)18-20-5-7-21(8-6-20)25-24(36-4)10-9-23-26(25)22-13-16-38-27(22)28(34)32-23/h5-8,13,16,19,22-27H,9-12,14-15,17-18H2,1-4H3,(H,31,35)(H,32,34). The molecule has 38 heavy (non-hydrogen) atoms. The van der Waals surface area contributed by atoms with E-state index in [2.05, 4.69) is 51.3 Å². The lowest BCUT2D eigenvalue weighted by Crippen LogP contribution is -2.59. The topological polar surface area (TPSA) is 79.9 Å². The van der Waals surface area contributed by atoms with E-state index >= 15 is 0 Å². The average Bonchev–Trinajstić information content (AvgIpc) is 3.38. The van der Waals surface area contributed by atoms with Crippen molar-refractivity contribution in [1.82, 2.24) is 15.5 Å². The number of nitrogens with zero attached hydrogens (tertiary/aromatic N) is 1. The Hall–Kier alpha value is -2.03. The Bertz CT molecular complexity index is 1020. The molecule has 2 saturated heterocycles. The van der Waals surface area contributed by atoms with E-state index in [9.17, 15) is 9.59 Å². The molecule has 1 aliphatic carbocycles. The number of carbonyl (C=O) groups excluding carboxylic acids is 2. The van der Waals surface area contributed by atoms with Gasteiger partial charge in [0.1, 0.15) is 5.60 Å². The molecule has 208 valence electrons. The van der Waals surface area contributed by atoms with E-state index in [0.29, 0.717) is 18.4 Å². The van der Waals surface area contributed by atoms with Crippen molar-refractivity contribution in [2.24, 2.45) is 17.8 Å². The van der Waals surface area contributed by atoms with Crippen molar-refractivity contribution < 1.29 is 19.1 Å². The molecule has 2 amide bonds. The summed E-state index contributed by atoms with van der Waals surface area (Å²) in [5, 5.41) is 8.38. The Kier molecular flexibility index (Phi) is 8.41. The Labute approximate surface area is 231 Å². The quantitative estimate of drug-likeness (QED) is 0.545. The van der Waals surface area contributed by atoms with Gasteiger partial charge in [-0.2, -0.15) is 0 Å². The summed E-state index contributed by atoms with van der Waals surface area (Å²) in [5.74, 6) is 1.60. The molecule has 8 heteroatoms. The molecule has 1 aromatic carbocycles. The van der Waals surface area contributed by atoms with E-state index in [1.807, 2.05) is 27.9 Å². The number of likely N-dealkylation sites (tertiary alicyclic amines) is 1. The molecule has 1 aromatic rings. The van der Waals surface area contributed by atoms with Gasteiger partial charge < -0.3 is 20.1 Å². The van der Waals surface area contributed by atoms with Gasteiger partial charge >= 0.3 is 6.09 Å². The van der Waals surface area contributed by atoms with Crippen LogP contribution in [0.25, 0.3) is 0 Å². The van der Waals surface area contributed by atoms with E-state index in [1.165, 1.54) is 11.1 Å². The van der Waals surface area contributed by atoms with Gasteiger partial charge in [-0.1, -0.05) is 30.3 Å².